The molecule has 2 rings (SSSR count). The van der Waals surface area contributed by atoms with Gasteiger partial charge in [-0.1, -0.05) is 38.8 Å². The van der Waals surface area contributed by atoms with Gasteiger partial charge in [-0.25, -0.2) is 4.98 Å². The molecule has 0 saturated carbocycles. The van der Waals surface area contributed by atoms with Crippen molar-refractivity contribution in [3.8, 4) is 5.88 Å². The Morgan fingerprint density at radius 2 is 1.74 bits per heavy atom. The minimum atomic E-state index is -4.56. The van der Waals surface area contributed by atoms with Gasteiger partial charge in [-0.2, -0.15) is 18.2 Å². The molecule has 0 bridgehead atoms. The van der Waals surface area contributed by atoms with Crippen molar-refractivity contribution in [1.29, 1.82) is 0 Å². The van der Waals surface area contributed by atoms with E-state index in [9.17, 15) is 13.2 Å². The van der Waals surface area contributed by atoms with Crippen molar-refractivity contribution in [2.75, 3.05) is 18.1 Å². The number of hydrogen-bond acceptors (Lipinski definition) is 4. The van der Waals surface area contributed by atoms with E-state index in [0.29, 0.717) is 13.0 Å². The zero-order chi connectivity index (χ0) is 19.9. The number of aromatic nitrogens is 2. The van der Waals surface area contributed by atoms with Gasteiger partial charge in [-0.3, -0.25) is 0 Å². The predicted octanol–water partition coefficient (Wildman–Crippen LogP) is 5.78. The lowest BCUT2D eigenvalue weighted by atomic mass is 10.1. The van der Waals surface area contributed by atoms with Gasteiger partial charge < -0.3 is 9.64 Å². The van der Waals surface area contributed by atoms with Gasteiger partial charge in [-0.15, -0.1) is 0 Å². The molecule has 7 heteroatoms. The minimum absolute atomic E-state index is 0.195. The third kappa shape index (κ3) is 5.58. The Hall–Kier alpha value is -2.31. The fourth-order valence-corrected chi connectivity index (χ4v) is 2.66. The lowest BCUT2D eigenvalue weighted by Gasteiger charge is -2.22. The first-order valence-corrected chi connectivity index (χ1v) is 9.34. The number of aryl methyl sites for hydroxylation is 1. The van der Waals surface area contributed by atoms with E-state index >= 15 is 0 Å². The lowest BCUT2D eigenvalue weighted by molar-refractivity contribution is -0.139. The summed E-state index contributed by atoms with van der Waals surface area (Å²) in [6.45, 7) is 6.70. The van der Waals surface area contributed by atoms with Crippen LogP contribution in [0.25, 0.3) is 0 Å². The number of benzene rings is 1. The minimum Gasteiger partial charge on any atom is -0.477 e. The molecule has 0 aliphatic carbocycles. The molecule has 0 fully saturated rings. The summed E-state index contributed by atoms with van der Waals surface area (Å²) in [6, 6.07) is 7.82. The largest absolute Gasteiger partial charge is 0.477 e. The van der Waals surface area contributed by atoms with Crippen LogP contribution in [0.3, 0.4) is 0 Å². The zero-order valence-electron chi connectivity index (χ0n) is 16.0. The summed E-state index contributed by atoms with van der Waals surface area (Å²) >= 11 is 0. The van der Waals surface area contributed by atoms with Gasteiger partial charge in [0.25, 0.3) is 0 Å². The van der Waals surface area contributed by atoms with Crippen molar-refractivity contribution in [3.63, 3.8) is 0 Å². The number of halogens is 3. The maximum absolute atomic E-state index is 13.3. The number of anilines is 2. The van der Waals surface area contributed by atoms with Crippen LogP contribution in [0.5, 0.6) is 5.88 Å². The van der Waals surface area contributed by atoms with Crippen molar-refractivity contribution in [2.24, 2.45) is 0 Å². The van der Waals surface area contributed by atoms with E-state index in [0.717, 1.165) is 31.1 Å². The molecule has 4 nitrogen and oxygen atoms in total. The Labute approximate surface area is 158 Å². The highest BCUT2D eigenvalue weighted by atomic mass is 19.4. The Morgan fingerprint density at radius 3 is 2.30 bits per heavy atom. The Bertz CT molecular complexity index is 717. The maximum Gasteiger partial charge on any atom is 0.423 e. The van der Waals surface area contributed by atoms with Crippen molar-refractivity contribution < 1.29 is 17.9 Å². The summed E-state index contributed by atoms with van der Waals surface area (Å²) in [4.78, 5) is 9.82. The predicted molar refractivity (Wildman–Crippen MR) is 101 cm³/mol. The number of hydrogen-bond donors (Lipinski definition) is 0. The molecule has 2 aromatic rings. The van der Waals surface area contributed by atoms with Gasteiger partial charge in [0, 0.05) is 18.4 Å². The van der Waals surface area contributed by atoms with Gasteiger partial charge in [0.05, 0.1) is 6.61 Å². The molecule has 0 aliphatic rings. The van der Waals surface area contributed by atoms with Gasteiger partial charge in [-0.05, 0) is 37.5 Å². The molecular weight excluding hydrogens is 355 g/mol. The van der Waals surface area contributed by atoms with Crippen LogP contribution >= 0.6 is 0 Å². The molecule has 1 heterocycles. The number of alkyl halides is 3. The van der Waals surface area contributed by atoms with E-state index in [4.69, 9.17) is 4.74 Å². The molecular formula is C20H26F3N3O. The average Bonchev–Trinajstić information content (AvgIpc) is 2.65. The lowest BCUT2D eigenvalue weighted by Crippen LogP contribution is -2.21. The maximum atomic E-state index is 13.3. The van der Waals surface area contributed by atoms with E-state index in [2.05, 4.69) is 16.9 Å². The third-order valence-electron chi connectivity index (χ3n) is 4.25. The van der Waals surface area contributed by atoms with Crippen LogP contribution in [0.15, 0.2) is 30.5 Å². The topological polar surface area (TPSA) is 38.2 Å². The normalized spacial score (nSPS) is 11.5. The third-order valence-corrected chi connectivity index (χ3v) is 4.25. The van der Waals surface area contributed by atoms with Crippen molar-refractivity contribution in [2.45, 2.75) is 52.6 Å². The second kappa shape index (κ2) is 9.58. The number of unbranched alkanes of at least 4 members (excludes halogenated alkanes) is 2. The SMILES string of the molecule is CCCCCOc1nc(N(CC)c2ccc(CC)cc2)ncc1C(F)(F)F. The zero-order valence-corrected chi connectivity index (χ0v) is 16.0. The Kier molecular flexibility index (Phi) is 7.45. The summed E-state index contributed by atoms with van der Waals surface area (Å²) in [5.74, 6) is -0.215. The monoisotopic (exact) mass is 381 g/mol. The molecule has 27 heavy (non-hydrogen) atoms. The number of rotatable bonds is 9. The standard InChI is InChI=1S/C20H26F3N3O/c1-4-7-8-13-27-18-17(20(21,22)23)14-24-19(25-18)26(6-3)16-11-9-15(5-2)10-12-16/h9-12,14H,4-8,13H2,1-3H3. The van der Waals surface area contributed by atoms with E-state index in [-0.39, 0.29) is 12.6 Å². The van der Waals surface area contributed by atoms with Crippen LogP contribution in [0.2, 0.25) is 0 Å². The van der Waals surface area contributed by atoms with E-state index in [1.165, 1.54) is 5.56 Å². The van der Waals surface area contributed by atoms with Crippen LogP contribution in [-0.4, -0.2) is 23.1 Å². The Balaban J connectivity index is 2.33. The first-order valence-electron chi connectivity index (χ1n) is 9.34. The fraction of sp³-hybridized carbons (Fsp3) is 0.500. The smallest absolute Gasteiger partial charge is 0.423 e. The summed E-state index contributed by atoms with van der Waals surface area (Å²) in [7, 11) is 0. The molecule has 0 aliphatic heterocycles. The molecule has 0 atom stereocenters. The Morgan fingerprint density at radius 1 is 1.04 bits per heavy atom. The number of ether oxygens (including phenoxy) is 1. The first kappa shape index (κ1) is 21.0. The van der Waals surface area contributed by atoms with Gasteiger partial charge in [0.15, 0.2) is 0 Å². The van der Waals surface area contributed by atoms with Crippen molar-refractivity contribution >= 4 is 11.6 Å². The van der Waals surface area contributed by atoms with Crippen molar-refractivity contribution in [3.05, 3.63) is 41.6 Å². The van der Waals surface area contributed by atoms with Crippen LogP contribution < -0.4 is 9.64 Å². The molecule has 0 unspecified atom stereocenters. The molecule has 148 valence electrons. The highest BCUT2D eigenvalue weighted by Crippen LogP contribution is 2.36. The highest BCUT2D eigenvalue weighted by Gasteiger charge is 2.36. The van der Waals surface area contributed by atoms with Crippen LogP contribution in [0.4, 0.5) is 24.8 Å². The summed E-state index contributed by atoms with van der Waals surface area (Å²) in [5.41, 5.74) is 1.06. The second-order valence-electron chi connectivity index (χ2n) is 6.21. The molecule has 0 N–H and O–H groups in total. The summed E-state index contributed by atoms with van der Waals surface area (Å²) in [5, 5.41) is 0. The quantitative estimate of drug-likeness (QED) is 0.516. The van der Waals surface area contributed by atoms with Crippen LogP contribution in [0, 0.1) is 0 Å². The molecule has 0 spiro atoms. The van der Waals surface area contributed by atoms with Gasteiger partial charge >= 0.3 is 6.18 Å². The second-order valence-corrected chi connectivity index (χ2v) is 6.21. The molecule has 0 saturated heterocycles. The van der Waals surface area contributed by atoms with Gasteiger partial charge in [0.2, 0.25) is 11.8 Å². The van der Waals surface area contributed by atoms with Crippen LogP contribution in [0.1, 0.15) is 51.2 Å². The van der Waals surface area contributed by atoms with E-state index in [1.54, 1.807) is 4.90 Å². The molecule has 1 aromatic heterocycles. The van der Waals surface area contributed by atoms with Gasteiger partial charge in [0.1, 0.15) is 5.56 Å². The summed E-state index contributed by atoms with van der Waals surface area (Å²) < 4.78 is 45.2. The van der Waals surface area contributed by atoms with Crippen molar-refractivity contribution in [1.82, 2.24) is 9.97 Å². The highest BCUT2D eigenvalue weighted by molar-refractivity contribution is 5.58. The van der Waals surface area contributed by atoms with E-state index < -0.39 is 17.6 Å². The number of nitrogens with zero attached hydrogens (tertiary/aromatic N) is 3. The molecule has 1 aromatic carbocycles. The fourth-order valence-electron chi connectivity index (χ4n) is 2.66. The van der Waals surface area contributed by atoms with Crippen LogP contribution in [-0.2, 0) is 12.6 Å². The average molecular weight is 381 g/mol. The summed E-state index contributed by atoms with van der Waals surface area (Å²) in [6.07, 6.45) is -0.299. The molecule has 0 amide bonds. The first-order chi connectivity index (χ1) is 12.9. The van der Waals surface area contributed by atoms with E-state index in [1.807, 2.05) is 38.1 Å². The molecule has 0 radical (unpaired) electrons.